The minimum atomic E-state index is 0.334. The van der Waals surface area contributed by atoms with Gasteiger partial charge in [-0.3, -0.25) is 4.98 Å². The summed E-state index contributed by atoms with van der Waals surface area (Å²) in [5.41, 5.74) is 2.45. The Bertz CT molecular complexity index is 513. The Hall–Kier alpha value is -1.87. The van der Waals surface area contributed by atoms with Gasteiger partial charge in [0.05, 0.1) is 0 Å². The number of aromatic hydroxyl groups is 1. The Morgan fingerprint density at radius 1 is 1.10 bits per heavy atom. The number of aromatic nitrogens is 1. The maximum atomic E-state index is 9.56. The molecule has 2 N–H and O–H groups in total. The fourth-order valence-electron chi connectivity index (χ4n) is 2.34. The predicted octanol–water partition coefficient (Wildman–Crippen LogP) is 2.94. The lowest BCUT2D eigenvalue weighted by molar-refractivity contribution is 0.471. The zero-order valence-electron chi connectivity index (χ0n) is 11.9. The van der Waals surface area contributed by atoms with Gasteiger partial charge in [-0.05, 0) is 61.2 Å². The number of phenolic OH excluding ortho intramolecular Hbond substituents is 1. The van der Waals surface area contributed by atoms with Crippen LogP contribution in [0, 0.1) is 0 Å². The predicted molar refractivity (Wildman–Crippen MR) is 81.8 cm³/mol. The van der Waals surface area contributed by atoms with Crippen molar-refractivity contribution in [2.45, 2.75) is 32.2 Å². The zero-order chi connectivity index (χ0) is 14.2. The molecule has 0 spiro atoms. The van der Waals surface area contributed by atoms with Crippen molar-refractivity contribution in [2.24, 2.45) is 0 Å². The van der Waals surface area contributed by atoms with Crippen molar-refractivity contribution in [3.63, 3.8) is 0 Å². The van der Waals surface area contributed by atoms with E-state index in [1.165, 1.54) is 5.56 Å². The molecule has 3 nitrogen and oxygen atoms in total. The maximum absolute atomic E-state index is 9.56. The molecule has 2 rings (SSSR count). The molecular formula is C17H22N2O. The monoisotopic (exact) mass is 270 g/mol. The van der Waals surface area contributed by atoms with E-state index in [4.69, 9.17) is 0 Å². The van der Waals surface area contributed by atoms with E-state index in [0.29, 0.717) is 11.8 Å². The summed E-state index contributed by atoms with van der Waals surface area (Å²) >= 11 is 0. The van der Waals surface area contributed by atoms with Gasteiger partial charge in [0.25, 0.3) is 0 Å². The minimum Gasteiger partial charge on any atom is -0.508 e. The molecule has 0 radical (unpaired) electrons. The van der Waals surface area contributed by atoms with Gasteiger partial charge < -0.3 is 10.4 Å². The van der Waals surface area contributed by atoms with E-state index >= 15 is 0 Å². The lowest BCUT2D eigenvalue weighted by Crippen LogP contribution is -2.33. The first kappa shape index (κ1) is 14.5. The third-order valence-electron chi connectivity index (χ3n) is 3.31. The van der Waals surface area contributed by atoms with Crippen LogP contribution in [0.2, 0.25) is 0 Å². The van der Waals surface area contributed by atoms with Crippen LogP contribution < -0.4 is 5.32 Å². The average molecular weight is 270 g/mol. The molecule has 1 aromatic carbocycles. The Morgan fingerprint density at radius 2 is 1.85 bits per heavy atom. The van der Waals surface area contributed by atoms with Crippen LogP contribution in [0.1, 0.15) is 24.5 Å². The van der Waals surface area contributed by atoms with Crippen LogP contribution >= 0.6 is 0 Å². The molecule has 20 heavy (non-hydrogen) atoms. The summed E-state index contributed by atoms with van der Waals surface area (Å²) in [5.74, 6) is 0.334. The highest BCUT2D eigenvalue weighted by molar-refractivity contribution is 5.28. The van der Waals surface area contributed by atoms with Crippen LogP contribution in [-0.4, -0.2) is 22.7 Å². The highest BCUT2D eigenvalue weighted by atomic mass is 16.3. The van der Waals surface area contributed by atoms with Crippen molar-refractivity contribution < 1.29 is 5.11 Å². The van der Waals surface area contributed by atoms with Gasteiger partial charge in [0, 0.05) is 18.4 Å². The Labute approximate surface area is 120 Å². The summed E-state index contributed by atoms with van der Waals surface area (Å²) in [4.78, 5) is 4.06. The molecule has 0 saturated carbocycles. The smallest absolute Gasteiger partial charge is 0.115 e. The first-order valence-corrected chi connectivity index (χ1v) is 7.18. The Balaban J connectivity index is 2.03. The van der Waals surface area contributed by atoms with Gasteiger partial charge in [-0.25, -0.2) is 0 Å². The number of pyridine rings is 1. The highest BCUT2D eigenvalue weighted by Crippen LogP contribution is 2.14. The van der Waals surface area contributed by atoms with Crippen LogP contribution in [-0.2, 0) is 12.8 Å². The second-order valence-corrected chi connectivity index (χ2v) is 5.08. The molecule has 0 saturated heterocycles. The number of hydrogen-bond acceptors (Lipinski definition) is 3. The standard InChI is InChI=1S/C17H22N2O/c1-2-8-19-16(11-14-6-9-18-10-7-14)12-15-4-3-5-17(20)13-15/h3-7,9-10,13,16,19-20H,2,8,11-12H2,1H3. The molecule has 106 valence electrons. The second-order valence-electron chi connectivity index (χ2n) is 5.08. The van der Waals surface area contributed by atoms with Crippen molar-refractivity contribution in [3.05, 3.63) is 59.9 Å². The summed E-state index contributed by atoms with van der Waals surface area (Å²) in [5, 5.41) is 13.1. The van der Waals surface area contributed by atoms with Gasteiger partial charge in [0.15, 0.2) is 0 Å². The topological polar surface area (TPSA) is 45.2 Å². The van der Waals surface area contributed by atoms with Crippen LogP contribution in [0.25, 0.3) is 0 Å². The van der Waals surface area contributed by atoms with Crippen LogP contribution in [0.15, 0.2) is 48.8 Å². The van der Waals surface area contributed by atoms with Gasteiger partial charge in [-0.15, -0.1) is 0 Å². The highest BCUT2D eigenvalue weighted by Gasteiger charge is 2.10. The van der Waals surface area contributed by atoms with Gasteiger partial charge in [0.2, 0.25) is 0 Å². The quantitative estimate of drug-likeness (QED) is 0.813. The number of benzene rings is 1. The normalized spacial score (nSPS) is 12.2. The largest absolute Gasteiger partial charge is 0.508 e. The van der Waals surface area contributed by atoms with E-state index in [-0.39, 0.29) is 0 Å². The third kappa shape index (κ3) is 4.67. The van der Waals surface area contributed by atoms with Crippen molar-refractivity contribution in [1.82, 2.24) is 10.3 Å². The van der Waals surface area contributed by atoms with Crippen molar-refractivity contribution in [2.75, 3.05) is 6.54 Å². The average Bonchev–Trinajstić information content (AvgIpc) is 2.46. The maximum Gasteiger partial charge on any atom is 0.115 e. The molecule has 0 aliphatic rings. The molecule has 1 unspecified atom stereocenters. The van der Waals surface area contributed by atoms with Crippen molar-refractivity contribution in [3.8, 4) is 5.75 Å². The van der Waals surface area contributed by atoms with E-state index in [1.807, 2.05) is 24.5 Å². The molecule has 1 heterocycles. The number of hydrogen-bond donors (Lipinski definition) is 2. The lowest BCUT2D eigenvalue weighted by Gasteiger charge is -2.19. The van der Waals surface area contributed by atoms with Crippen LogP contribution in [0.3, 0.4) is 0 Å². The van der Waals surface area contributed by atoms with E-state index < -0.39 is 0 Å². The van der Waals surface area contributed by atoms with Crippen molar-refractivity contribution in [1.29, 1.82) is 0 Å². The van der Waals surface area contributed by atoms with E-state index in [0.717, 1.165) is 31.4 Å². The molecule has 1 atom stereocenters. The third-order valence-corrected chi connectivity index (χ3v) is 3.31. The molecule has 0 aliphatic heterocycles. The molecule has 2 aromatic rings. The molecule has 0 amide bonds. The summed E-state index contributed by atoms with van der Waals surface area (Å²) < 4.78 is 0. The lowest BCUT2D eigenvalue weighted by atomic mass is 9.99. The second kappa shape index (κ2) is 7.65. The Morgan fingerprint density at radius 3 is 2.55 bits per heavy atom. The van der Waals surface area contributed by atoms with Crippen LogP contribution in [0.4, 0.5) is 0 Å². The zero-order valence-corrected chi connectivity index (χ0v) is 11.9. The molecule has 0 fully saturated rings. The number of rotatable bonds is 7. The summed E-state index contributed by atoms with van der Waals surface area (Å²) in [6.07, 6.45) is 6.67. The SMILES string of the molecule is CCCNC(Cc1ccncc1)Cc1cccc(O)c1. The fourth-order valence-corrected chi connectivity index (χ4v) is 2.34. The first-order valence-electron chi connectivity index (χ1n) is 7.18. The van der Waals surface area contributed by atoms with Gasteiger partial charge in [-0.1, -0.05) is 19.1 Å². The summed E-state index contributed by atoms with van der Waals surface area (Å²) in [6, 6.07) is 12.0. The molecule has 3 heteroatoms. The first-order chi connectivity index (χ1) is 9.78. The van der Waals surface area contributed by atoms with E-state index in [1.54, 1.807) is 6.07 Å². The van der Waals surface area contributed by atoms with Gasteiger partial charge >= 0.3 is 0 Å². The molecule has 0 aliphatic carbocycles. The number of nitrogens with zero attached hydrogens (tertiary/aromatic N) is 1. The number of nitrogens with one attached hydrogen (secondary N) is 1. The Kier molecular flexibility index (Phi) is 5.56. The minimum absolute atomic E-state index is 0.334. The van der Waals surface area contributed by atoms with Gasteiger partial charge in [-0.2, -0.15) is 0 Å². The van der Waals surface area contributed by atoms with Crippen LogP contribution in [0.5, 0.6) is 5.75 Å². The van der Waals surface area contributed by atoms with Gasteiger partial charge in [0.1, 0.15) is 5.75 Å². The summed E-state index contributed by atoms with van der Waals surface area (Å²) in [7, 11) is 0. The van der Waals surface area contributed by atoms with E-state index in [9.17, 15) is 5.11 Å². The fraction of sp³-hybridized carbons (Fsp3) is 0.353. The molecule has 0 bridgehead atoms. The van der Waals surface area contributed by atoms with E-state index in [2.05, 4.69) is 35.4 Å². The van der Waals surface area contributed by atoms with Crippen molar-refractivity contribution >= 4 is 0 Å². The molecular weight excluding hydrogens is 248 g/mol. The number of phenols is 1. The summed E-state index contributed by atoms with van der Waals surface area (Å²) in [6.45, 7) is 3.18. The molecule has 1 aromatic heterocycles.